The first-order valence-corrected chi connectivity index (χ1v) is 15.5. The van der Waals surface area contributed by atoms with Crippen LogP contribution < -0.4 is 4.74 Å². The highest BCUT2D eigenvalue weighted by Crippen LogP contribution is 2.44. The lowest BCUT2D eigenvalue weighted by Crippen LogP contribution is -2.08. The Balaban J connectivity index is 1.39. The Bertz CT molecular complexity index is 1590. The number of esters is 1. The van der Waals surface area contributed by atoms with Crippen molar-refractivity contribution in [2.75, 3.05) is 6.26 Å². The van der Waals surface area contributed by atoms with Crippen LogP contribution in [0, 0.1) is 9.64 Å². The number of hydrogen-bond donors (Lipinski definition) is 0. The van der Waals surface area contributed by atoms with Crippen LogP contribution in [0.4, 0.5) is 4.39 Å². The molecule has 1 aromatic heterocycles. The monoisotopic (exact) mass is 564 g/mol. The zero-order valence-corrected chi connectivity index (χ0v) is 23.2. The normalized spacial score (nSPS) is 14.6. The smallest absolute Gasteiger partial charge is 0.315 e. The second-order valence-corrected chi connectivity index (χ2v) is 12.8. The van der Waals surface area contributed by atoms with Crippen LogP contribution in [-0.4, -0.2) is 16.8 Å². The molecule has 0 radical (unpaired) electrons. The van der Waals surface area contributed by atoms with E-state index in [1.54, 1.807) is 45.1 Å². The van der Waals surface area contributed by atoms with Crippen molar-refractivity contribution in [3.8, 4) is 16.2 Å². The van der Waals surface area contributed by atoms with Crippen molar-refractivity contribution >= 4 is 67.3 Å². The summed E-state index contributed by atoms with van der Waals surface area (Å²) >= 11 is 4.15. The maximum atomic E-state index is 14.2. The Morgan fingerprint density at radius 2 is 1.76 bits per heavy atom. The van der Waals surface area contributed by atoms with E-state index in [0.29, 0.717) is 11.3 Å². The highest BCUT2D eigenvalue weighted by atomic mass is 32.9. The quantitative estimate of drug-likeness (QED) is 0.0776. The number of allylic oxidation sites excluding steroid dienone is 2. The van der Waals surface area contributed by atoms with Gasteiger partial charge in [-0.1, -0.05) is 39.0 Å². The van der Waals surface area contributed by atoms with E-state index in [0.717, 1.165) is 47.0 Å². The maximum Gasteiger partial charge on any atom is 0.315 e. The van der Waals surface area contributed by atoms with Crippen LogP contribution in [0.1, 0.15) is 30.0 Å². The topological polar surface area (TPSA) is 49.4 Å². The molecular weight excluding hydrogens is 544 g/mol. The summed E-state index contributed by atoms with van der Waals surface area (Å²) in [5.41, 5.74) is 6.07. The second-order valence-electron chi connectivity index (χ2n) is 8.54. The van der Waals surface area contributed by atoms with Gasteiger partial charge >= 0.3 is 5.97 Å². The number of carbonyl (C=O) groups is 1. The van der Waals surface area contributed by atoms with Crippen molar-refractivity contribution in [1.29, 1.82) is 0 Å². The van der Waals surface area contributed by atoms with Crippen molar-refractivity contribution in [1.82, 2.24) is 0 Å². The maximum absolute atomic E-state index is 14.2. The fraction of sp³-hybridized carbons (Fsp3) is 0.103. The van der Waals surface area contributed by atoms with Crippen LogP contribution in [0.15, 0.2) is 83.3 Å². The van der Waals surface area contributed by atoms with E-state index in [4.69, 9.17) is 17.0 Å². The lowest BCUT2D eigenvalue weighted by molar-refractivity contribution is -0.133. The molecule has 3 nitrogen and oxygen atoms in total. The molecule has 0 N–H and O–H groups in total. The molecule has 0 saturated heterocycles. The van der Waals surface area contributed by atoms with E-state index in [2.05, 4.69) is 0 Å². The highest BCUT2D eigenvalue weighted by Gasteiger charge is 2.26. The predicted molar refractivity (Wildman–Crippen MR) is 154 cm³/mol. The van der Waals surface area contributed by atoms with Crippen LogP contribution in [0.5, 0.6) is 5.75 Å². The molecule has 1 atom stereocenters. The van der Waals surface area contributed by atoms with Crippen LogP contribution in [-0.2, 0) is 16.0 Å². The average molecular weight is 565 g/mol. The molecule has 0 bridgehead atoms. The van der Waals surface area contributed by atoms with Gasteiger partial charge in [0.2, 0.25) is 0 Å². The van der Waals surface area contributed by atoms with E-state index >= 15 is 0 Å². The molecular formula is C29H21FO3S4. The summed E-state index contributed by atoms with van der Waals surface area (Å²) in [5.74, 6) is -0.326. The molecule has 1 aliphatic rings. The number of hydrogen-bond acceptors (Lipinski definition) is 6. The Kier molecular flexibility index (Phi) is 7.55. The third-order valence-corrected chi connectivity index (χ3v) is 9.98. The Morgan fingerprint density at radius 3 is 2.41 bits per heavy atom. The Morgan fingerprint density at radius 1 is 1.03 bits per heavy atom. The lowest BCUT2D eigenvalue weighted by atomic mass is 10.0. The zero-order valence-electron chi connectivity index (χ0n) is 19.9. The molecule has 0 aliphatic heterocycles. The molecule has 0 spiro atoms. The molecule has 186 valence electrons. The van der Waals surface area contributed by atoms with Gasteiger partial charge in [0.05, 0.1) is 6.42 Å². The number of halogens is 1. The molecule has 1 aliphatic carbocycles. The molecule has 0 saturated carbocycles. The highest BCUT2D eigenvalue weighted by molar-refractivity contribution is 7.90. The van der Waals surface area contributed by atoms with Gasteiger partial charge in [-0.2, -0.15) is 0 Å². The van der Waals surface area contributed by atoms with Gasteiger partial charge in [-0.15, -0.1) is 0 Å². The molecule has 5 rings (SSSR count). The molecule has 1 heterocycles. The lowest BCUT2D eigenvalue weighted by Gasteiger charge is -2.08. The summed E-state index contributed by atoms with van der Waals surface area (Å²) in [6, 6.07) is 21.4. The number of fused-ring (bicyclic) bond motifs is 1. The molecule has 1 unspecified atom stereocenters. The van der Waals surface area contributed by atoms with E-state index < -0.39 is 17.1 Å². The van der Waals surface area contributed by atoms with Gasteiger partial charge in [-0.25, -0.2) is 4.39 Å². The fourth-order valence-corrected chi connectivity index (χ4v) is 7.20. The first kappa shape index (κ1) is 25.8. The molecule has 8 heteroatoms. The van der Waals surface area contributed by atoms with Gasteiger partial charge < -0.3 is 9.29 Å². The van der Waals surface area contributed by atoms with Crippen molar-refractivity contribution in [2.24, 2.45) is 0 Å². The zero-order chi connectivity index (χ0) is 26.1. The van der Waals surface area contributed by atoms with Gasteiger partial charge in [0, 0.05) is 4.88 Å². The van der Waals surface area contributed by atoms with Crippen LogP contribution in [0.3, 0.4) is 0 Å². The minimum absolute atomic E-state index is 0.0149. The van der Waals surface area contributed by atoms with E-state index in [9.17, 15) is 13.7 Å². The predicted octanol–water partition coefficient (Wildman–Crippen LogP) is 8.41. The minimum Gasteiger partial charge on any atom is -0.612 e. The van der Waals surface area contributed by atoms with Crippen molar-refractivity contribution in [2.45, 2.75) is 18.2 Å². The molecule has 0 fully saturated rings. The third kappa shape index (κ3) is 5.68. The molecule has 0 amide bonds. The van der Waals surface area contributed by atoms with Crippen LogP contribution >= 0.6 is 32.9 Å². The molecule has 3 aromatic carbocycles. The number of rotatable bonds is 6. The van der Waals surface area contributed by atoms with Gasteiger partial charge in [-0.05, 0) is 130 Å². The molecule has 37 heavy (non-hydrogen) atoms. The summed E-state index contributed by atoms with van der Waals surface area (Å²) in [7, 11) is 3.17. The fourth-order valence-electron chi connectivity index (χ4n) is 4.28. The summed E-state index contributed by atoms with van der Waals surface area (Å²) in [5, 5.41) is 0. The van der Waals surface area contributed by atoms with Gasteiger partial charge in [-0.3, -0.25) is 4.79 Å². The third-order valence-electron chi connectivity index (χ3n) is 6.13. The largest absolute Gasteiger partial charge is 0.612 e. The van der Waals surface area contributed by atoms with Gasteiger partial charge in [0.15, 0.2) is 4.90 Å². The van der Waals surface area contributed by atoms with Gasteiger partial charge in [0.1, 0.15) is 21.6 Å². The average Bonchev–Trinajstić information content (AvgIpc) is 3.42. The number of ether oxygens (including phenoxy) is 1. The Hall–Kier alpha value is -2.88. The van der Waals surface area contributed by atoms with Crippen molar-refractivity contribution < 1.29 is 18.5 Å². The first-order chi connectivity index (χ1) is 17.8. The number of benzene rings is 3. The van der Waals surface area contributed by atoms with Crippen molar-refractivity contribution in [3.05, 3.63) is 105 Å². The standard InChI is InChI=1S/C29H21FO3S4/c1-17-24(13-18-3-10-22(11-4-18)37(2)32)23-12-7-20(30)14-26(23)25(17)15-28(31)33-21-8-5-19(6-9-21)27-16-29(34)36-35-27/h3-14,16H,15H2,1-2H3. The van der Waals surface area contributed by atoms with Crippen molar-refractivity contribution in [3.63, 3.8) is 0 Å². The summed E-state index contributed by atoms with van der Waals surface area (Å²) < 4.78 is 32.4. The number of carbonyl (C=O) groups excluding carboxylic acids is 1. The summed E-state index contributed by atoms with van der Waals surface area (Å²) in [4.78, 5) is 14.8. The van der Waals surface area contributed by atoms with E-state index in [1.807, 2.05) is 55.5 Å². The summed E-state index contributed by atoms with van der Waals surface area (Å²) in [6.07, 6.45) is 3.66. The first-order valence-electron chi connectivity index (χ1n) is 11.4. The van der Waals surface area contributed by atoms with Gasteiger partial charge in [0.25, 0.3) is 0 Å². The SMILES string of the molecule is CC1=C(CC(=O)Oc2ccc(-c3cc(=S)ss3)cc2)c2cc(F)ccc2C1=Cc1ccc([S+](C)[O-])cc1. The molecule has 4 aromatic rings. The minimum atomic E-state index is -1.05. The Labute approximate surface area is 230 Å². The van der Waals surface area contributed by atoms with E-state index in [1.165, 1.54) is 12.1 Å². The van der Waals surface area contributed by atoms with Crippen LogP contribution in [0.2, 0.25) is 0 Å². The summed E-state index contributed by atoms with van der Waals surface area (Å²) in [6.45, 7) is 1.94. The van der Waals surface area contributed by atoms with Crippen LogP contribution in [0.25, 0.3) is 27.7 Å². The van der Waals surface area contributed by atoms with E-state index in [-0.39, 0.29) is 12.2 Å². The second kappa shape index (κ2) is 10.8.